The third kappa shape index (κ3) is 3.85. The Balaban J connectivity index is 1.95. The standard InChI is InChI=1S/C16H15F3N2O/c1-10(11-5-2-3-6-12(11)17)20-9-15(22)21-16-13(18)7-4-8-14(16)19/h2-8,10,20H,9H2,1H3,(H,21,22). The van der Waals surface area contributed by atoms with E-state index < -0.39 is 29.3 Å². The summed E-state index contributed by atoms with van der Waals surface area (Å²) in [6.07, 6.45) is 0. The molecule has 0 aliphatic rings. The summed E-state index contributed by atoms with van der Waals surface area (Å²) in [5, 5.41) is 4.96. The molecule has 1 amide bonds. The average Bonchev–Trinajstić information content (AvgIpc) is 2.49. The van der Waals surface area contributed by atoms with Gasteiger partial charge >= 0.3 is 0 Å². The van der Waals surface area contributed by atoms with E-state index in [1.54, 1.807) is 25.1 Å². The predicted molar refractivity (Wildman–Crippen MR) is 77.8 cm³/mol. The molecule has 0 bridgehead atoms. The molecule has 0 saturated heterocycles. The first-order valence-electron chi connectivity index (χ1n) is 6.70. The summed E-state index contributed by atoms with van der Waals surface area (Å²) >= 11 is 0. The molecule has 3 nitrogen and oxygen atoms in total. The van der Waals surface area contributed by atoms with Gasteiger partial charge in [0, 0.05) is 11.6 Å². The maximum Gasteiger partial charge on any atom is 0.238 e. The van der Waals surface area contributed by atoms with E-state index in [4.69, 9.17) is 0 Å². The summed E-state index contributed by atoms with van der Waals surface area (Å²) in [6, 6.07) is 9.06. The summed E-state index contributed by atoms with van der Waals surface area (Å²) in [5.74, 6) is -2.71. The van der Waals surface area contributed by atoms with Crippen molar-refractivity contribution >= 4 is 11.6 Å². The lowest BCUT2D eigenvalue weighted by atomic mass is 10.1. The van der Waals surface area contributed by atoms with Gasteiger partial charge in [0.25, 0.3) is 0 Å². The van der Waals surface area contributed by atoms with Crippen LogP contribution in [0.2, 0.25) is 0 Å². The van der Waals surface area contributed by atoms with Crippen molar-refractivity contribution in [3.63, 3.8) is 0 Å². The van der Waals surface area contributed by atoms with Gasteiger partial charge in [-0.05, 0) is 25.1 Å². The Morgan fingerprint density at radius 3 is 2.23 bits per heavy atom. The number of hydrogen-bond acceptors (Lipinski definition) is 2. The van der Waals surface area contributed by atoms with E-state index in [1.165, 1.54) is 12.1 Å². The van der Waals surface area contributed by atoms with Crippen LogP contribution in [0.15, 0.2) is 42.5 Å². The second kappa shape index (κ2) is 7.09. The summed E-state index contributed by atoms with van der Waals surface area (Å²) in [7, 11) is 0. The van der Waals surface area contributed by atoms with Crippen LogP contribution in [0.5, 0.6) is 0 Å². The number of carbonyl (C=O) groups excluding carboxylic acids is 1. The van der Waals surface area contributed by atoms with E-state index in [2.05, 4.69) is 10.6 Å². The highest BCUT2D eigenvalue weighted by Crippen LogP contribution is 2.18. The molecule has 0 saturated carbocycles. The van der Waals surface area contributed by atoms with Crippen LogP contribution in [-0.2, 0) is 4.79 Å². The van der Waals surface area contributed by atoms with Gasteiger partial charge in [0.1, 0.15) is 23.1 Å². The second-order valence-electron chi connectivity index (χ2n) is 4.77. The number of amides is 1. The number of hydrogen-bond donors (Lipinski definition) is 2. The predicted octanol–water partition coefficient (Wildman–Crippen LogP) is 3.39. The maximum atomic E-state index is 13.6. The minimum Gasteiger partial charge on any atom is -0.320 e. The lowest BCUT2D eigenvalue weighted by molar-refractivity contribution is -0.115. The van der Waals surface area contributed by atoms with Crippen molar-refractivity contribution in [3.8, 4) is 0 Å². The molecule has 2 aromatic carbocycles. The first-order valence-corrected chi connectivity index (χ1v) is 6.70. The highest BCUT2D eigenvalue weighted by atomic mass is 19.1. The molecule has 2 N–H and O–H groups in total. The van der Waals surface area contributed by atoms with Crippen molar-refractivity contribution in [1.29, 1.82) is 0 Å². The molecule has 0 radical (unpaired) electrons. The molecule has 22 heavy (non-hydrogen) atoms. The van der Waals surface area contributed by atoms with Crippen LogP contribution in [0.25, 0.3) is 0 Å². The Hall–Kier alpha value is -2.34. The highest BCUT2D eigenvalue weighted by Gasteiger charge is 2.14. The van der Waals surface area contributed by atoms with Gasteiger partial charge in [-0.15, -0.1) is 0 Å². The van der Waals surface area contributed by atoms with E-state index in [1.807, 2.05) is 0 Å². The number of anilines is 1. The molecule has 0 heterocycles. The van der Waals surface area contributed by atoms with E-state index in [-0.39, 0.29) is 12.4 Å². The van der Waals surface area contributed by atoms with E-state index >= 15 is 0 Å². The SMILES string of the molecule is CC(NCC(=O)Nc1c(F)cccc1F)c1ccccc1F. The van der Waals surface area contributed by atoms with Crippen LogP contribution in [0, 0.1) is 17.5 Å². The van der Waals surface area contributed by atoms with Crippen LogP contribution in [0.3, 0.4) is 0 Å². The first-order chi connectivity index (χ1) is 10.5. The molecular formula is C16H15F3N2O. The largest absolute Gasteiger partial charge is 0.320 e. The van der Waals surface area contributed by atoms with Gasteiger partial charge in [-0.1, -0.05) is 24.3 Å². The molecule has 1 atom stereocenters. The number of para-hydroxylation sites is 1. The van der Waals surface area contributed by atoms with Crippen LogP contribution in [-0.4, -0.2) is 12.5 Å². The number of halogens is 3. The molecule has 6 heteroatoms. The number of benzene rings is 2. The van der Waals surface area contributed by atoms with Crippen molar-refractivity contribution in [1.82, 2.24) is 5.32 Å². The van der Waals surface area contributed by atoms with Crippen molar-refractivity contribution in [3.05, 3.63) is 65.5 Å². The molecule has 0 spiro atoms. The highest BCUT2D eigenvalue weighted by molar-refractivity contribution is 5.92. The Bertz CT molecular complexity index is 656. The fourth-order valence-electron chi connectivity index (χ4n) is 1.98. The fourth-order valence-corrected chi connectivity index (χ4v) is 1.98. The van der Waals surface area contributed by atoms with Gasteiger partial charge in [0.05, 0.1) is 6.54 Å². The molecule has 0 fully saturated rings. The van der Waals surface area contributed by atoms with Gasteiger partial charge in [-0.3, -0.25) is 4.79 Å². The quantitative estimate of drug-likeness (QED) is 0.889. The second-order valence-corrected chi connectivity index (χ2v) is 4.77. The normalized spacial score (nSPS) is 12.0. The molecule has 2 aromatic rings. The minimum absolute atomic E-state index is 0.205. The van der Waals surface area contributed by atoms with Crippen LogP contribution in [0.4, 0.5) is 18.9 Å². The summed E-state index contributed by atoms with van der Waals surface area (Å²) in [4.78, 5) is 11.7. The Morgan fingerprint density at radius 2 is 1.59 bits per heavy atom. The van der Waals surface area contributed by atoms with Gasteiger partial charge in [0.15, 0.2) is 0 Å². The van der Waals surface area contributed by atoms with Crippen LogP contribution in [0.1, 0.15) is 18.5 Å². The summed E-state index contributed by atoms with van der Waals surface area (Å²) in [6.45, 7) is 1.48. The minimum atomic E-state index is -0.851. The average molecular weight is 308 g/mol. The fraction of sp³-hybridized carbons (Fsp3) is 0.188. The topological polar surface area (TPSA) is 41.1 Å². The van der Waals surface area contributed by atoms with E-state index in [0.717, 1.165) is 12.1 Å². The number of carbonyl (C=O) groups is 1. The Kier molecular flexibility index (Phi) is 5.16. The first kappa shape index (κ1) is 16.0. The van der Waals surface area contributed by atoms with Crippen molar-refractivity contribution < 1.29 is 18.0 Å². The van der Waals surface area contributed by atoms with E-state index in [9.17, 15) is 18.0 Å². The van der Waals surface area contributed by atoms with Gasteiger partial charge < -0.3 is 10.6 Å². The monoisotopic (exact) mass is 308 g/mol. The zero-order valence-corrected chi connectivity index (χ0v) is 11.9. The summed E-state index contributed by atoms with van der Waals surface area (Å²) in [5.41, 5.74) is -0.0831. The van der Waals surface area contributed by atoms with Crippen molar-refractivity contribution in [2.75, 3.05) is 11.9 Å². The lowest BCUT2D eigenvalue weighted by Crippen LogP contribution is -2.31. The van der Waals surface area contributed by atoms with E-state index in [0.29, 0.717) is 5.56 Å². The van der Waals surface area contributed by atoms with Crippen LogP contribution >= 0.6 is 0 Å². The zero-order valence-electron chi connectivity index (χ0n) is 11.9. The molecule has 0 aliphatic carbocycles. The third-order valence-corrected chi connectivity index (χ3v) is 3.17. The Morgan fingerprint density at radius 1 is 1.00 bits per heavy atom. The van der Waals surface area contributed by atoms with Crippen molar-refractivity contribution in [2.24, 2.45) is 0 Å². The number of rotatable bonds is 5. The maximum absolute atomic E-state index is 13.6. The summed E-state index contributed by atoms with van der Waals surface area (Å²) < 4.78 is 40.4. The smallest absolute Gasteiger partial charge is 0.238 e. The van der Waals surface area contributed by atoms with Crippen molar-refractivity contribution in [2.45, 2.75) is 13.0 Å². The van der Waals surface area contributed by atoms with Crippen LogP contribution < -0.4 is 10.6 Å². The third-order valence-electron chi connectivity index (χ3n) is 3.17. The lowest BCUT2D eigenvalue weighted by Gasteiger charge is -2.15. The van der Waals surface area contributed by atoms with Gasteiger partial charge in [0.2, 0.25) is 5.91 Å². The zero-order chi connectivity index (χ0) is 16.1. The molecule has 0 aromatic heterocycles. The Labute approximate surface area is 126 Å². The molecule has 116 valence electrons. The molecule has 2 rings (SSSR count). The van der Waals surface area contributed by atoms with Gasteiger partial charge in [-0.2, -0.15) is 0 Å². The molecule has 0 aliphatic heterocycles. The molecular weight excluding hydrogens is 293 g/mol. The number of nitrogens with one attached hydrogen (secondary N) is 2. The molecule has 1 unspecified atom stereocenters. The van der Waals surface area contributed by atoms with Gasteiger partial charge in [-0.25, -0.2) is 13.2 Å².